The summed E-state index contributed by atoms with van der Waals surface area (Å²) >= 11 is 0. The normalized spacial score (nSPS) is 27.0. The van der Waals surface area contributed by atoms with Crippen molar-refractivity contribution in [1.82, 2.24) is 10.2 Å². The van der Waals surface area contributed by atoms with E-state index in [2.05, 4.69) is 10.2 Å². The first-order chi connectivity index (χ1) is 15.5. The molecule has 0 radical (unpaired) electrons. The molecule has 7 heteroatoms. The van der Waals surface area contributed by atoms with Gasteiger partial charge in [-0.15, -0.1) is 0 Å². The van der Waals surface area contributed by atoms with Crippen LogP contribution >= 0.6 is 0 Å². The summed E-state index contributed by atoms with van der Waals surface area (Å²) in [5.74, 6) is 0.441. The van der Waals surface area contributed by atoms with E-state index in [0.29, 0.717) is 23.9 Å². The third-order valence-corrected chi connectivity index (χ3v) is 7.60. The van der Waals surface area contributed by atoms with Crippen LogP contribution in [0.3, 0.4) is 0 Å². The quantitative estimate of drug-likeness (QED) is 0.514. The largest absolute Gasteiger partial charge is 0.375 e. The van der Waals surface area contributed by atoms with Crippen molar-refractivity contribution >= 4 is 11.6 Å². The maximum absolute atomic E-state index is 13.4. The van der Waals surface area contributed by atoms with Gasteiger partial charge < -0.3 is 10.4 Å². The molecular weight excluding hydrogens is 406 g/mol. The highest BCUT2D eigenvalue weighted by Gasteiger charge is 2.58. The molecule has 0 spiro atoms. The zero-order chi connectivity index (χ0) is 22.3. The van der Waals surface area contributed by atoms with Crippen LogP contribution < -0.4 is 5.32 Å². The van der Waals surface area contributed by atoms with E-state index in [0.717, 1.165) is 44.3 Å². The lowest BCUT2D eigenvalue weighted by molar-refractivity contribution is -0.384. The van der Waals surface area contributed by atoms with Crippen molar-refractivity contribution in [3.05, 3.63) is 75.8 Å². The predicted molar refractivity (Wildman–Crippen MR) is 120 cm³/mol. The van der Waals surface area contributed by atoms with Gasteiger partial charge in [-0.3, -0.25) is 19.8 Å². The van der Waals surface area contributed by atoms with E-state index in [1.165, 1.54) is 6.07 Å². The monoisotopic (exact) mass is 435 g/mol. The Labute approximate surface area is 187 Å². The van der Waals surface area contributed by atoms with Gasteiger partial charge >= 0.3 is 0 Å². The minimum atomic E-state index is -1.47. The molecule has 2 aromatic carbocycles. The first-order valence-corrected chi connectivity index (χ1v) is 11.5. The van der Waals surface area contributed by atoms with Crippen molar-refractivity contribution in [2.75, 3.05) is 13.1 Å². The number of non-ortho nitro benzene ring substituents is 1. The number of rotatable bonds is 7. The molecule has 2 saturated carbocycles. The van der Waals surface area contributed by atoms with Crippen LogP contribution in [0, 0.1) is 27.9 Å². The van der Waals surface area contributed by atoms with Crippen molar-refractivity contribution in [2.24, 2.45) is 17.8 Å². The molecule has 1 aliphatic heterocycles. The van der Waals surface area contributed by atoms with Crippen LogP contribution in [0.5, 0.6) is 0 Å². The number of carbonyl (C=O) groups is 1. The number of nitrogens with one attached hydrogen (secondary N) is 1. The van der Waals surface area contributed by atoms with Gasteiger partial charge in [-0.05, 0) is 35.8 Å². The summed E-state index contributed by atoms with van der Waals surface area (Å²) in [6.07, 6.45) is 3.84. The zero-order valence-electron chi connectivity index (χ0n) is 18.0. The number of fused-ring (bicyclic) bond motifs is 1. The molecule has 32 heavy (non-hydrogen) atoms. The Morgan fingerprint density at radius 1 is 1.09 bits per heavy atom. The summed E-state index contributed by atoms with van der Waals surface area (Å²) in [4.78, 5) is 26.3. The number of hydrogen-bond donors (Lipinski definition) is 2. The van der Waals surface area contributed by atoms with Gasteiger partial charge in [-0.2, -0.15) is 0 Å². The number of hydrogen-bond acceptors (Lipinski definition) is 5. The summed E-state index contributed by atoms with van der Waals surface area (Å²) in [5, 5.41) is 25.8. The molecule has 1 amide bonds. The molecule has 2 aromatic rings. The number of nitro benzene ring substituents is 1. The Hall–Kier alpha value is -2.77. The first kappa shape index (κ1) is 21.1. The molecule has 3 atom stereocenters. The van der Waals surface area contributed by atoms with E-state index in [4.69, 9.17) is 0 Å². The fraction of sp³-hybridized carbons (Fsp3) is 0.480. The molecular formula is C25H29N3O4. The second-order valence-corrected chi connectivity index (χ2v) is 9.56. The average molecular weight is 436 g/mol. The van der Waals surface area contributed by atoms with Crippen LogP contribution in [-0.2, 0) is 16.9 Å². The van der Waals surface area contributed by atoms with Gasteiger partial charge in [0.1, 0.15) is 0 Å². The second kappa shape index (κ2) is 8.30. The van der Waals surface area contributed by atoms with Crippen LogP contribution in [0.15, 0.2) is 54.6 Å². The summed E-state index contributed by atoms with van der Waals surface area (Å²) in [6.45, 7) is 2.38. The number of likely N-dealkylation sites (tertiary alicyclic amines) is 1. The summed E-state index contributed by atoms with van der Waals surface area (Å²) in [5.41, 5.74) is 0.254. The number of amides is 1. The molecule has 2 N–H and O–H groups in total. The molecule has 3 aliphatic rings. The Morgan fingerprint density at radius 2 is 1.78 bits per heavy atom. The number of benzene rings is 2. The van der Waals surface area contributed by atoms with E-state index in [1.807, 2.05) is 36.4 Å². The highest BCUT2D eigenvalue weighted by molar-refractivity contribution is 5.87. The van der Waals surface area contributed by atoms with Crippen LogP contribution in [-0.4, -0.2) is 40.0 Å². The van der Waals surface area contributed by atoms with Gasteiger partial charge in [-0.1, -0.05) is 55.3 Å². The molecule has 168 valence electrons. The van der Waals surface area contributed by atoms with Crippen LogP contribution in [0.25, 0.3) is 0 Å². The predicted octanol–water partition coefficient (Wildman–Crippen LogP) is 3.22. The zero-order valence-corrected chi connectivity index (χ0v) is 18.0. The van der Waals surface area contributed by atoms with Gasteiger partial charge in [-0.25, -0.2) is 0 Å². The van der Waals surface area contributed by atoms with Crippen LogP contribution in [0.4, 0.5) is 5.69 Å². The van der Waals surface area contributed by atoms with Crippen molar-refractivity contribution in [3.63, 3.8) is 0 Å². The fourth-order valence-corrected chi connectivity index (χ4v) is 5.83. The molecule has 0 aromatic heterocycles. The number of nitrogens with zero attached hydrogens (tertiary/aromatic N) is 2. The third-order valence-electron chi connectivity index (χ3n) is 7.60. The fourth-order valence-electron chi connectivity index (χ4n) is 5.83. The smallest absolute Gasteiger partial charge is 0.269 e. The van der Waals surface area contributed by atoms with E-state index in [1.54, 1.807) is 12.1 Å². The highest BCUT2D eigenvalue weighted by atomic mass is 16.6. The molecule has 1 heterocycles. The van der Waals surface area contributed by atoms with E-state index >= 15 is 0 Å². The number of aliphatic hydroxyl groups is 1. The summed E-state index contributed by atoms with van der Waals surface area (Å²) in [6, 6.07) is 16.2. The number of carbonyl (C=O) groups excluding carboxylic acids is 1. The van der Waals surface area contributed by atoms with E-state index < -0.39 is 5.60 Å². The number of piperidine rings is 1. The van der Waals surface area contributed by atoms with Gasteiger partial charge in [0.25, 0.3) is 11.6 Å². The Bertz CT molecular complexity index is 995. The van der Waals surface area contributed by atoms with Crippen molar-refractivity contribution in [2.45, 2.75) is 43.9 Å². The van der Waals surface area contributed by atoms with Gasteiger partial charge in [0.2, 0.25) is 0 Å². The van der Waals surface area contributed by atoms with Crippen molar-refractivity contribution < 1.29 is 14.8 Å². The van der Waals surface area contributed by atoms with Gasteiger partial charge in [0, 0.05) is 43.7 Å². The van der Waals surface area contributed by atoms with Crippen molar-refractivity contribution in [1.29, 1.82) is 0 Å². The Balaban J connectivity index is 1.22. The maximum Gasteiger partial charge on any atom is 0.269 e. The molecule has 1 saturated heterocycles. The lowest BCUT2D eigenvalue weighted by Crippen LogP contribution is -2.50. The topological polar surface area (TPSA) is 95.7 Å². The Morgan fingerprint density at radius 3 is 2.44 bits per heavy atom. The maximum atomic E-state index is 13.4. The second-order valence-electron chi connectivity index (χ2n) is 9.56. The van der Waals surface area contributed by atoms with Crippen LogP contribution in [0.2, 0.25) is 0 Å². The van der Waals surface area contributed by atoms with Gasteiger partial charge in [0.05, 0.1) is 4.92 Å². The molecule has 2 aliphatic carbocycles. The Kier molecular flexibility index (Phi) is 5.47. The molecule has 3 fully saturated rings. The molecule has 3 unspecified atom stereocenters. The van der Waals surface area contributed by atoms with E-state index in [9.17, 15) is 20.0 Å². The van der Waals surface area contributed by atoms with Crippen LogP contribution in [0.1, 0.15) is 36.8 Å². The SMILES string of the molecule is O=C(NC1C2CN(Cc3cccc([N+](=O)[O-])c3)CC21)C(O)(c1ccccc1)C1CCCC1. The average Bonchev–Trinajstić information content (AvgIpc) is 3.21. The standard InChI is InChI=1S/C25H29N3O4/c29-24(25(30,19-10-4-5-11-19)18-8-2-1-3-9-18)26-23-21-15-27(16-22(21)23)14-17-7-6-12-20(13-17)28(31)32/h1-3,6-9,12-13,19,21-23,30H,4-5,10-11,14-16H2,(H,26,29). The highest BCUT2D eigenvalue weighted by Crippen LogP contribution is 2.47. The van der Waals surface area contributed by atoms with Crippen molar-refractivity contribution in [3.8, 4) is 0 Å². The lowest BCUT2D eigenvalue weighted by atomic mass is 9.79. The number of nitro groups is 1. The van der Waals surface area contributed by atoms with Gasteiger partial charge in [0.15, 0.2) is 5.60 Å². The molecule has 5 rings (SSSR count). The molecule has 7 nitrogen and oxygen atoms in total. The molecule has 0 bridgehead atoms. The minimum Gasteiger partial charge on any atom is -0.375 e. The minimum absolute atomic E-state index is 0.0474. The third kappa shape index (κ3) is 3.80. The summed E-state index contributed by atoms with van der Waals surface area (Å²) in [7, 11) is 0. The lowest BCUT2D eigenvalue weighted by Gasteiger charge is -2.33. The first-order valence-electron chi connectivity index (χ1n) is 11.5. The van der Waals surface area contributed by atoms with E-state index in [-0.39, 0.29) is 28.5 Å². The summed E-state index contributed by atoms with van der Waals surface area (Å²) < 4.78 is 0.